The van der Waals surface area contributed by atoms with Gasteiger partial charge in [0.15, 0.2) is 5.79 Å². The first-order valence-corrected chi connectivity index (χ1v) is 17.5. The van der Waals surface area contributed by atoms with Gasteiger partial charge in [-0.1, -0.05) is 62.2 Å². The third kappa shape index (κ3) is 7.59. The van der Waals surface area contributed by atoms with Crippen LogP contribution in [-0.4, -0.2) is 47.7 Å². The molecule has 242 valence electrons. The summed E-state index contributed by atoms with van der Waals surface area (Å²) in [7, 11) is -2.19. The molecular formula is C36H50O7S. The highest BCUT2D eigenvalue weighted by Gasteiger charge is 2.54. The Morgan fingerprint density at radius 1 is 0.909 bits per heavy atom. The number of fused-ring (bicyclic) bond motifs is 1. The largest absolute Gasteiger partial charge is 0.497 e. The molecule has 8 heteroatoms. The number of benzene rings is 2. The molecule has 1 aliphatic heterocycles. The number of methoxy groups -OCH3 is 1. The molecule has 6 atom stereocenters. The lowest BCUT2D eigenvalue weighted by atomic mass is 9.55. The first-order valence-electron chi connectivity index (χ1n) is 16.1. The van der Waals surface area contributed by atoms with Gasteiger partial charge in [-0.25, -0.2) is 0 Å². The Kier molecular flexibility index (Phi) is 10.6. The van der Waals surface area contributed by atoms with Gasteiger partial charge in [0.25, 0.3) is 10.1 Å². The van der Waals surface area contributed by atoms with E-state index in [4.69, 9.17) is 23.1 Å². The first-order chi connectivity index (χ1) is 21.0. The lowest BCUT2D eigenvalue weighted by molar-refractivity contribution is -0.220. The fourth-order valence-electron chi connectivity index (χ4n) is 7.74. The highest BCUT2D eigenvalue weighted by atomic mass is 32.2. The molecule has 2 aromatic carbocycles. The van der Waals surface area contributed by atoms with Crippen molar-refractivity contribution in [2.45, 2.75) is 71.2 Å². The summed E-state index contributed by atoms with van der Waals surface area (Å²) >= 11 is 0. The smallest absolute Gasteiger partial charge is 0.296 e. The molecule has 3 aliphatic rings. The lowest BCUT2D eigenvalue weighted by Gasteiger charge is -2.53. The number of ether oxygens (including phenoxy) is 4. The van der Waals surface area contributed by atoms with Crippen LogP contribution in [0.5, 0.6) is 5.75 Å². The van der Waals surface area contributed by atoms with Gasteiger partial charge in [0.05, 0.1) is 38.4 Å². The van der Waals surface area contributed by atoms with E-state index in [1.54, 1.807) is 31.4 Å². The Bertz CT molecular complexity index is 1360. The van der Waals surface area contributed by atoms with Crippen LogP contribution in [0.2, 0.25) is 0 Å². The van der Waals surface area contributed by atoms with Crippen molar-refractivity contribution in [1.82, 2.24) is 0 Å². The Labute approximate surface area is 264 Å². The van der Waals surface area contributed by atoms with E-state index in [2.05, 4.69) is 33.8 Å². The fourth-order valence-corrected chi connectivity index (χ4v) is 8.68. The van der Waals surface area contributed by atoms with E-state index in [0.29, 0.717) is 38.3 Å². The quantitative estimate of drug-likeness (QED) is 0.182. The van der Waals surface area contributed by atoms with Crippen molar-refractivity contribution >= 4 is 10.1 Å². The normalized spacial score (nSPS) is 26.3. The molecule has 0 bridgehead atoms. The van der Waals surface area contributed by atoms with Crippen molar-refractivity contribution in [1.29, 1.82) is 0 Å². The second-order valence-corrected chi connectivity index (χ2v) is 15.2. The molecule has 7 nitrogen and oxygen atoms in total. The van der Waals surface area contributed by atoms with Gasteiger partial charge >= 0.3 is 0 Å². The summed E-state index contributed by atoms with van der Waals surface area (Å²) in [5.74, 6) is 2.01. The van der Waals surface area contributed by atoms with Crippen LogP contribution < -0.4 is 4.74 Å². The maximum Gasteiger partial charge on any atom is 0.296 e. The molecular weight excluding hydrogens is 576 g/mol. The van der Waals surface area contributed by atoms with Crippen molar-refractivity contribution in [2.75, 3.05) is 33.5 Å². The summed E-state index contributed by atoms with van der Waals surface area (Å²) in [6.45, 7) is 13.4. The van der Waals surface area contributed by atoms with E-state index in [0.717, 1.165) is 36.1 Å². The number of rotatable bonds is 12. The Morgan fingerprint density at radius 3 is 2.23 bits per heavy atom. The fraction of sp³-hybridized carbons (Fsp3) is 0.611. The van der Waals surface area contributed by atoms with Gasteiger partial charge < -0.3 is 18.9 Å². The van der Waals surface area contributed by atoms with Gasteiger partial charge in [-0.05, 0) is 91.5 Å². The average molecular weight is 627 g/mol. The standard InChI is InChI=1S/C36H50O7S/c1-24(2)35(23-43-44(37,38)30-13-7-25(3)8-14-30)32-18-26(4)17-31-33(19-36(20-34(31)32)41-15-16-42-36)27(5)21-40-22-28-9-11-29(39-6)12-10-28/h7-14,17,24,27,31-35H,15-16,18-23H2,1-6H3/t27-,31-,32-,33+,34+,35-/m1/s1. The van der Waals surface area contributed by atoms with Crippen molar-refractivity contribution in [3.8, 4) is 5.75 Å². The minimum absolute atomic E-state index is 0.0604. The molecule has 1 saturated heterocycles. The van der Waals surface area contributed by atoms with Gasteiger partial charge in [-0.3, -0.25) is 4.18 Å². The predicted octanol–water partition coefficient (Wildman–Crippen LogP) is 7.19. The van der Waals surface area contributed by atoms with Crippen LogP contribution in [0.25, 0.3) is 0 Å². The van der Waals surface area contributed by atoms with Gasteiger partial charge in [0.1, 0.15) is 5.75 Å². The molecule has 0 unspecified atom stereocenters. The monoisotopic (exact) mass is 626 g/mol. The summed E-state index contributed by atoms with van der Waals surface area (Å²) in [5, 5.41) is 0. The second kappa shape index (κ2) is 14.0. The van der Waals surface area contributed by atoms with E-state index >= 15 is 0 Å². The van der Waals surface area contributed by atoms with Crippen molar-refractivity contribution < 1.29 is 31.5 Å². The lowest BCUT2D eigenvalue weighted by Crippen LogP contribution is -2.51. The van der Waals surface area contributed by atoms with Crippen LogP contribution >= 0.6 is 0 Å². The maximum absolute atomic E-state index is 13.2. The summed E-state index contributed by atoms with van der Waals surface area (Å²) in [6, 6.07) is 14.9. The van der Waals surface area contributed by atoms with E-state index < -0.39 is 15.9 Å². The molecule has 1 spiro atoms. The SMILES string of the molecule is COc1ccc(COC[C@@H](C)[C@@H]2CC3(C[C@H]4[C@@H]2C=C(C)C[C@H]4[C@H](COS(=O)(=O)c2ccc(C)cc2)C(C)C)OCCO3)cc1. The van der Waals surface area contributed by atoms with Crippen LogP contribution in [0, 0.1) is 48.3 Å². The predicted molar refractivity (Wildman–Crippen MR) is 171 cm³/mol. The van der Waals surface area contributed by atoms with Crippen LogP contribution in [-0.2, 0) is 35.1 Å². The molecule has 1 saturated carbocycles. The first kappa shape index (κ1) is 33.1. The minimum atomic E-state index is -3.86. The number of hydrogen-bond acceptors (Lipinski definition) is 7. The summed E-state index contributed by atoms with van der Waals surface area (Å²) in [6.07, 6.45) is 5.05. The van der Waals surface area contributed by atoms with Crippen LogP contribution in [0.3, 0.4) is 0 Å². The Hall–Kier alpha value is -2.23. The van der Waals surface area contributed by atoms with Crippen LogP contribution in [0.15, 0.2) is 65.1 Å². The van der Waals surface area contributed by atoms with Crippen molar-refractivity contribution in [2.24, 2.45) is 41.4 Å². The zero-order valence-electron chi connectivity index (χ0n) is 27.2. The highest BCUT2D eigenvalue weighted by molar-refractivity contribution is 7.86. The maximum atomic E-state index is 13.2. The minimum Gasteiger partial charge on any atom is -0.497 e. The topological polar surface area (TPSA) is 80.3 Å². The molecule has 2 aromatic rings. The Morgan fingerprint density at radius 2 is 1.59 bits per heavy atom. The van der Waals surface area contributed by atoms with Gasteiger partial charge in [-0.2, -0.15) is 8.42 Å². The van der Waals surface area contributed by atoms with Crippen molar-refractivity contribution in [3.05, 3.63) is 71.3 Å². The van der Waals surface area contributed by atoms with E-state index in [9.17, 15) is 8.42 Å². The molecule has 1 heterocycles. The summed E-state index contributed by atoms with van der Waals surface area (Å²) < 4.78 is 56.5. The molecule has 5 rings (SSSR count). The zero-order valence-corrected chi connectivity index (χ0v) is 28.0. The van der Waals surface area contributed by atoms with Crippen LogP contribution in [0.1, 0.15) is 58.1 Å². The molecule has 2 aliphatic carbocycles. The van der Waals surface area contributed by atoms with Gasteiger partial charge in [0.2, 0.25) is 0 Å². The number of allylic oxidation sites excluding steroid dienone is 2. The molecule has 2 fully saturated rings. The van der Waals surface area contributed by atoms with Gasteiger partial charge in [-0.15, -0.1) is 0 Å². The zero-order chi connectivity index (χ0) is 31.5. The third-order valence-corrected chi connectivity index (χ3v) is 11.4. The number of aryl methyl sites for hydroxylation is 1. The molecule has 0 amide bonds. The summed E-state index contributed by atoms with van der Waals surface area (Å²) in [4.78, 5) is 0.205. The van der Waals surface area contributed by atoms with E-state index in [-0.39, 0.29) is 41.1 Å². The highest BCUT2D eigenvalue weighted by Crippen LogP contribution is 2.55. The van der Waals surface area contributed by atoms with Gasteiger partial charge in [0, 0.05) is 19.4 Å². The Balaban J connectivity index is 1.34. The molecule has 0 radical (unpaired) electrons. The molecule has 0 aromatic heterocycles. The second-order valence-electron chi connectivity index (χ2n) is 13.6. The van der Waals surface area contributed by atoms with Crippen LogP contribution in [0.4, 0.5) is 0 Å². The molecule has 44 heavy (non-hydrogen) atoms. The van der Waals surface area contributed by atoms with E-state index in [1.165, 1.54) is 5.57 Å². The molecule has 0 N–H and O–H groups in total. The summed E-state index contributed by atoms with van der Waals surface area (Å²) in [5.41, 5.74) is 3.49. The third-order valence-electron chi connectivity index (χ3n) is 10.2. The van der Waals surface area contributed by atoms with E-state index in [1.807, 2.05) is 31.2 Å². The number of hydrogen-bond donors (Lipinski definition) is 0. The average Bonchev–Trinajstić information content (AvgIpc) is 3.45. The van der Waals surface area contributed by atoms with Crippen molar-refractivity contribution in [3.63, 3.8) is 0 Å².